The number of aromatic nitrogens is 1. The fraction of sp³-hybridized carbons (Fsp3) is 0.350. The Kier molecular flexibility index (Phi) is 6.67. The number of benzene rings is 2. The topological polar surface area (TPSA) is 130 Å². The first-order valence-electron chi connectivity index (χ1n) is 10.1. The van der Waals surface area contributed by atoms with Gasteiger partial charge in [-0.1, -0.05) is 30.5 Å². The van der Waals surface area contributed by atoms with Crippen LogP contribution in [0.3, 0.4) is 0 Å². The molecule has 0 atom stereocenters. The van der Waals surface area contributed by atoms with Crippen LogP contribution in [0.15, 0.2) is 47.7 Å². The molecule has 1 aliphatic heterocycles. The number of anilines is 1. The largest absolute Gasteiger partial charge is 0.417 e. The Labute approximate surface area is 204 Å². The lowest BCUT2D eigenvalue weighted by Crippen LogP contribution is -2.32. The van der Waals surface area contributed by atoms with Gasteiger partial charge in [0.1, 0.15) is 9.92 Å². The molecule has 2 aromatic carbocycles. The van der Waals surface area contributed by atoms with Gasteiger partial charge >= 0.3 is 5.76 Å². The zero-order valence-corrected chi connectivity index (χ0v) is 21.5. The lowest BCUT2D eigenvalue weighted by molar-refractivity contribution is 0.423. The molecule has 0 spiro atoms. The number of sulfonamides is 2. The molecule has 0 unspecified atom stereocenters. The van der Waals surface area contributed by atoms with Gasteiger partial charge in [-0.15, -0.1) is 0 Å². The summed E-state index contributed by atoms with van der Waals surface area (Å²) < 4.78 is 61.8. The van der Waals surface area contributed by atoms with Crippen molar-refractivity contribution in [3.63, 3.8) is 0 Å². The van der Waals surface area contributed by atoms with Gasteiger partial charge in [-0.05, 0) is 59.5 Å². The Morgan fingerprint density at radius 3 is 2.42 bits per heavy atom. The molecule has 3 aromatic rings. The van der Waals surface area contributed by atoms with Gasteiger partial charge < -0.3 is 4.42 Å². The highest BCUT2D eigenvalue weighted by atomic mass is 79.9. The molecule has 0 saturated carbocycles. The molecule has 178 valence electrons. The second-order valence-corrected chi connectivity index (χ2v) is 12.6. The van der Waals surface area contributed by atoms with Gasteiger partial charge in [0.05, 0.1) is 16.1 Å². The highest BCUT2D eigenvalue weighted by Crippen LogP contribution is 2.37. The Morgan fingerprint density at radius 1 is 1.09 bits per heavy atom. The average molecular weight is 579 g/mol. The minimum atomic E-state index is -4.28. The summed E-state index contributed by atoms with van der Waals surface area (Å²) in [7, 11) is -8.07. The maximum absolute atomic E-state index is 13.3. The van der Waals surface area contributed by atoms with E-state index in [0.29, 0.717) is 18.7 Å². The van der Waals surface area contributed by atoms with Crippen molar-refractivity contribution < 1.29 is 21.3 Å². The molecule has 0 aliphatic carbocycles. The van der Waals surface area contributed by atoms with Crippen LogP contribution in [-0.2, 0) is 20.0 Å². The Bertz CT molecular complexity index is 1490. The van der Waals surface area contributed by atoms with Crippen LogP contribution in [0.4, 0.5) is 5.69 Å². The number of hydrogen-bond donors (Lipinski definition) is 2. The molecule has 1 fully saturated rings. The van der Waals surface area contributed by atoms with E-state index < -0.39 is 25.8 Å². The summed E-state index contributed by atoms with van der Waals surface area (Å²) in [6.45, 7) is 2.53. The summed E-state index contributed by atoms with van der Waals surface area (Å²) >= 11 is 9.43. The summed E-state index contributed by atoms with van der Waals surface area (Å²) in [6, 6.07) is 5.70. The molecule has 0 bridgehead atoms. The summed E-state index contributed by atoms with van der Waals surface area (Å²) in [6.07, 6.45) is 3.53. The normalized spacial score (nSPS) is 16.1. The first-order chi connectivity index (χ1) is 15.5. The second-order valence-electron chi connectivity index (χ2n) is 7.80. The van der Waals surface area contributed by atoms with Crippen molar-refractivity contribution in [3.8, 4) is 0 Å². The van der Waals surface area contributed by atoms with Crippen LogP contribution < -0.4 is 10.5 Å². The molecule has 4 rings (SSSR count). The second kappa shape index (κ2) is 9.06. The van der Waals surface area contributed by atoms with Gasteiger partial charge in [0.25, 0.3) is 10.0 Å². The van der Waals surface area contributed by atoms with Crippen LogP contribution in [0.25, 0.3) is 11.1 Å². The number of fused-ring (bicyclic) bond motifs is 1. The van der Waals surface area contributed by atoms with Crippen LogP contribution in [0.5, 0.6) is 0 Å². The molecule has 0 radical (unpaired) electrons. The van der Waals surface area contributed by atoms with E-state index in [2.05, 4.69) is 25.6 Å². The SMILES string of the molecule is Cc1ccc(NS(=O)(=O)c2c(Br)cc3[nH]c(=O)oc3c2Cl)cc1S(=O)(=O)N1CCCCCC1. The maximum atomic E-state index is 13.3. The molecule has 0 amide bonds. The number of H-pyrrole nitrogens is 1. The Hall–Kier alpha value is -1.86. The van der Waals surface area contributed by atoms with Crippen LogP contribution in [0, 0.1) is 6.92 Å². The van der Waals surface area contributed by atoms with Gasteiger partial charge in [-0.2, -0.15) is 4.31 Å². The predicted molar refractivity (Wildman–Crippen MR) is 129 cm³/mol. The van der Waals surface area contributed by atoms with Crippen molar-refractivity contribution in [1.29, 1.82) is 0 Å². The first kappa shape index (κ1) is 24.3. The van der Waals surface area contributed by atoms with Crippen LogP contribution in [-0.4, -0.2) is 39.2 Å². The highest BCUT2D eigenvalue weighted by molar-refractivity contribution is 9.10. The third-order valence-corrected chi connectivity index (χ3v) is 10.3. The third kappa shape index (κ3) is 4.72. The lowest BCUT2D eigenvalue weighted by Gasteiger charge is -2.21. The van der Waals surface area contributed by atoms with Gasteiger partial charge in [0.15, 0.2) is 5.58 Å². The lowest BCUT2D eigenvalue weighted by atomic mass is 10.2. The number of rotatable bonds is 5. The van der Waals surface area contributed by atoms with E-state index in [4.69, 9.17) is 16.0 Å². The molecule has 33 heavy (non-hydrogen) atoms. The zero-order chi connectivity index (χ0) is 24.0. The van der Waals surface area contributed by atoms with E-state index in [-0.39, 0.29) is 36.1 Å². The van der Waals surface area contributed by atoms with Gasteiger partial charge in [0, 0.05) is 17.6 Å². The number of aromatic amines is 1. The Morgan fingerprint density at radius 2 is 1.76 bits per heavy atom. The molecule has 1 aromatic heterocycles. The number of nitrogens with zero attached hydrogens (tertiary/aromatic N) is 1. The molecular weight excluding hydrogens is 558 g/mol. The first-order valence-corrected chi connectivity index (χ1v) is 14.2. The van der Waals surface area contributed by atoms with E-state index in [1.54, 1.807) is 13.0 Å². The third-order valence-electron chi connectivity index (χ3n) is 5.45. The van der Waals surface area contributed by atoms with E-state index in [1.165, 1.54) is 22.5 Å². The highest BCUT2D eigenvalue weighted by Gasteiger charge is 2.29. The molecule has 2 heterocycles. The van der Waals surface area contributed by atoms with Crippen molar-refractivity contribution >= 4 is 64.4 Å². The molecule has 2 N–H and O–H groups in total. The minimum Gasteiger partial charge on any atom is -0.406 e. The smallest absolute Gasteiger partial charge is 0.406 e. The minimum absolute atomic E-state index is 0.0434. The molecule has 13 heteroatoms. The molecular formula is C20H21BrClN3O6S2. The van der Waals surface area contributed by atoms with Crippen molar-refractivity contribution in [2.75, 3.05) is 17.8 Å². The van der Waals surface area contributed by atoms with E-state index >= 15 is 0 Å². The summed E-state index contributed by atoms with van der Waals surface area (Å²) in [5, 5.41) is -0.283. The summed E-state index contributed by atoms with van der Waals surface area (Å²) in [5.74, 6) is -0.775. The van der Waals surface area contributed by atoms with Crippen LogP contribution in [0.1, 0.15) is 31.2 Å². The maximum Gasteiger partial charge on any atom is 0.417 e. The number of nitrogens with one attached hydrogen (secondary N) is 2. The van der Waals surface area contributed by atoms with E-state index in [1.807, 2.05) is 0 Å². The standard InChI is InChI=1S/C20H21BrClN3O6S2/c1-12-6-7-13(10-16(12)33(29,30)25-8-4-2-3-5-9-25)24-32(27,28)19-14(21)11-15-18(17(19)22)31-20(26)23-15/h6-7,10-11,24H,2-5,8-9H2,1H3,(H,23,26). The summed E-state index contributed by atoms with van der Waals surface area (Å²) in [5.41, 5.74) is 0.708. The quantitative estimate of drug-likeness (QED) is 0.467. The average Bonchev–Trinajstić information content (AvgIpc) is 2.92. The van der Waals surface area contributed by atoms with Gasteiger partial charge in [0.2, 0.25) is 10.0 Å². The van der Waals surface area contributed by atoms with Crippen molar-refractivity contribution in [2.24, 2.45) is 0 Å². The van der Waals surface area contributed by atoms with Crippen molar-refractivity contribution in [1.82, 2.24) is 9.29 Å². The van der Waals surface area contributed by atoms with Gasteiger partial charge in [-0.3, -0.25) is 9.71 Å². The fourth-order valence-electron chi connectivity index (χ4n) is 3.82. The molecule has 1 saturated heterocycles. The van der Waals surface area contributed by atoms with Gasteiger partial charge in [-0.25, -0.2) is 21.6 Å². The van der Waals surface area contributed by atoms with Crippen molar-refractivity contribution in [2.45, 2.75) is 42.4 Å². The van der Waals surface area contributed by atoms with E-state index in [0.717, 1.165) is 25.7 Å². The number of halogens is 2. The number of hydrogen-bond acceptors (Lipinski definition) is 6. The van der Waals surface area contributed by atoms with E-state index in [9.17, 15) is 21.6 Å². The predicted octanol–water partition coefficient (Wildman–Crippen LogP) is 4.21. The molecule has 9 nitrogen and oxygen atoms in total. The molecule has 1 aliphatic rings. The monoisotopic (exact) mass is 577 g/mol. The number of oxazole rings is 1. The Balaban J connectivity index is 1.73. The fourth-order valence-corrected chi connectivity index (χ4v) is 8.50. The summed E-state index contributed by atoms with van der Waals surface area (Å²) in [4.78, 5) is 13.6. The van der Waals surface area contributed by atoms with Crippen LogP contribution >= 0.6 is 27.5 Å². The van der Waals surface area contributed by atoms with Crippen LogP contribution in [0.2, 0.25) is 5.02 Å². The van der Waals surface area contributed by atoms with Crippen molar-refractivity contribution in [3.05, 3.63) is 49.9 Å². The number of aryl methyl sites for hydroxylation is 1. The zero-order valence-electron chi connectivity index (χ0n) is 17.5.